The summed E-state index contributed by atoms with van der Waals surface area (Å²) in [5.41, 5.74) is 1.91. The van der Waals surface area contributed by atoms with Crippen molar-refractivity contribution < 1.29 is 16.1 Å². The molecule has 0 bridgehead atoms. The lowest BCUT2D eigenvalue weighted by molar-refractivity contribution is -0.143. The van der Waals surface area contributed by atoms with Gasteiger partial charge in [-0.3, -0.25) is 4.79 Å². The van der Waals surface area contributed by atoms with Gasteiger partial charge in [0.25, 0.3) is 0 Å². The van der Waals surface area contributed by atoms with Crippen molar-refractivity contribution >= 4 is 11.9 Å². The van der Waals surface area contributed by atoms with Gasteiger partial charge in [-0.1, -0.05) is 20.3 Å². The Morgan fingerprint density at radius 1 is 1.69 bits per heavy atom. The summed E-state index contributed by atoms with van der Waals surface area (Å²) in [6.45, 7) is 3.42. The molecular formula is C8H16N2O3. The number of nitrogens with two attached hydrogens (primary N) is 1. The van der Waals surface area contributed by atoms with Gasteiger partial charge in [-0.2, -0.15) is 0 Å². The molecule has 0 saturated carbocycles. The molecule has 0 aromatic carbocycles. The van der Waals surface area contributed by atoms with E-state index in [1.165, 1.54) is 0 Å². The molecular weight excluding hydrogens is 172 g/mol. The zero-order valence-corrected chi connectivity index (χ0v) is 7.83. The van der Waals surface area contributed by atoms with E-state index in [2.05, 4.69) is 5.32 Å². The molecule has 0 aromatic heterocycles. The first-order valence-electron chi connectivity index (χ1n) is 4.69. The highest BCUT2D eigenvalue weighted by atomic mass is 16.4. The topological polar surface area (TPSA) is 92.4 Å². The first kappa shape index (κ1) is 9.98. The van der Waals surface area contributed by atoms with E-state index >= 15 is 0 Å². The van der Waals surface area contributed by atoms with E-state index in [-0.39, 0.29) is 12.5 Å². The highest BCUT2D eigenvalue weighted by molar-refractivity contribution is 5.84. The summed E-state index contributed by atoms with van der Waals surface area (Å²) in [4.78, 5) is 21.8. The standard InChI is InChI=1S/C8H16N2O3/c1-3-5(2)7(8(12)13)10-6(11)4-9/h5,7H,3-4,9H2,1-2H3,(H,10,11)(H,12,13)/t5-,7-/m0/s1/i/hD. The fraction of sp³-hybridized carbons (Fsp3) is 0.750. The fourth-order valence-corrected chi connectivity index (χ4v) is 0.908. The van der Waals surface area contributed by atoms with Crippen LogP contribution in [0.4, 0.5) is 0 Å². The normalized spacial score (nSPS) is 15.7. The minimum Gasteiger partial charge on any atom is -0.480 e. The first-order chi connectivity index (χ1) is 6.52. The van der Waals surface area contributed by atoms with E-state index in [1.54, 1.807) is 6.92 Å². The van der Waals surface area contributed by atoms with Crippen LogP contribution < -0.4 is 11.0 Å². The van der Waals surface area contributed by atoms with Crippen molar-refractivity contribution in [2.75, 3.05) is 6.54 Å². The number of aliphatic carboxylic acids is 1. The SMILES string of the molecule is [2H]NCC(=O)N[C@H](C(=O)O)[C@@H](C)CC. The first-order valence-corrected chi connectivity index (χ1v) is 4.19. The third-order valence-electron chi connectivity index (χ3n) is 1.96. The van der Waals surface area contributed by atoms with Gasteiger partial charge in [0.15, 0.2) is 0 Å². The zero-order valence-electron chi connectivity index (χ0n) is 8.83. The van der Waals surface area contributed by atoms with Gasteiger partial charge in [0.05, 0.1) is 6.54 Å². The molecule has 0 unspecified atom stereocenters. The minimum atomic E-state index is -1.04. The van der Waals surface area contributed by atoms with Crippen LogP contribution in [0.5, 0.6) is 0 Å². The number of carbonyl (C=O) groups excluding carboxylic acids is 1. The maximum atomic E-state index is 11.0. The van der Waals surface area contributed by atoms with Crippen LogP contribution in [0.2, 0.25) is 1.41 Å². The zero-order chi connectivity index (χ0) is 11.1. The molecule has 13 heavy (non-hydrogen) atoms. The van der Waals surface area contributed by atoms with Crippen LogP contribution in [0.25, 0.3) is 0 Å². The van der Waals surface area contributed by atoms with E-state index in [0.29, 0.717) is 6.42 Å². The second kappa shape index (κ2) is 5.53. The summed E-state index contributed by atoms with van der Waals surface area (Å²) in [5, 5.41) is 11.2. The summed E-state index contributed by atoms with van der Waals surface area (Å²) >= 11 is 0. The third-order valence-corrected chi connectivity index (χ3v) is 1.96. The molecule has 1 amide bonds. The third kappa shape index (κ3) is 3.89. The van der Waals surface area contributed by atoms with Gasteiger partial charge >= 0.3 is 5.97 Å². The Hall–Kier alpha value is -1.10. The molecule has 5 heteroatoms. The van der Waals surface area contributed by atoms with Crippen LogP contribution in [0.15, 0.2) is 0 Å². The summed E-state index contributed by atoms with van der Waals surface area (Å²) in [6, 6.07) is -0.874. The second-order valence-corrected chi connectivity index (χ2v) is 2.95. The molecule has 0 fully saturated rings. The van der Waals surface area contributed by atoms with Gasteiger partial charge < -0.3 is 16.2 Å². The Kier molecular flexibility index (Phi) is 4.25. The highest BCUT2D eigenvalue weighted by Crippen LogP contribution is 2.07. The molecule has 0 spiro atoms. The molecule has 4 N–H and O–H groups in total. The molecule has 2 atom stereocenters. The molecule has 0 aliphatic carbocycles. The molecule has 0 saturated heterocycles. The smallest absolute Gasteiger partial charge is 0.326 e. The number of hydrogen-bond acceptors (Lipinski definition) is 3. The van der Waals surface area contributed by atoms with Gasteiger partial charge in [0.1, 0.15) is 7.45 Å². The van der Waals surface area contributed by atoms with Crippen LogP contribution in [-0.4, -0.2) is 29.6 Å². The molecule has 0 radical (unpaired) electrons. The van der Waals surface area contributed by atoms with E-state index in [4.69, 9.17) is 6.52 Å². The second-order valence-electron chi connectivity index (χ2n) is 2.95. The molecule has 0 heterocycles. The summed E-state index contributed by atoms with van der Waals surface area (Å²) in [6.07, 6.45) is 0.672. The lowest BCUT2D eigenvalue weighted by atomic mass is 9.99. The van der Waals surface area contributed by atoms with Crippen molar-refractivity contribution in [3.63, 3.8) is 0 Å². The van der Waals surface area contributed by atoms with E-state index in [9.17, 15) is 9.59 Å². The summed E-state index contributed by atoms with van der Waals surface area (Å²) in [5.74, 6) is -1.65. The lowest BCUT2D eigenvalue weighted by Crippen LogP contribution is -2.47. The number of carbonyl (C=O) groups is 2. The monoisotopic (exact) mass is 189 g/mol. The predicted octanol–water partition coefficient (Wildman–Crippen LogP) is -0.439. The molecule has 0 aliphatic rings. The summed E-state index contributed by atoms with van der Waals surface area (Å²) in [7, 11) is 0. The molecule has 0 aromatic rings. The Labute approximate surface area is 78.8 Å². The van der Waals surface area contributed by atoms with Crippen molar-refractivity contribution in [3.05, 3.63) is 0 Å². The van der Waals surface area contributed by atoms with E-state index in [0.717, 1.165) is 0 Å². The number of carboxylic acid groups (broad SMARTS) is 1. The maximum absolute atomic E-state index is 11.0. The quantitative estimate of drug-likeness (QED) is 0.528. The highest BCUT2D eigenvalue weighted by Gasteiger charge is 2.24. The van der Waals surface area contributed by atoms with E-state index < -0.39 is 17.9 Å². The predicted molar refractivity (Wildman–Crippen MR) is 48.1 cm³/mol. The van der Waals surface area contributed by atoms with Crippen LogP contribution in [0.1, 0.15) is 20.3 Å². The number of amides is 1. The van der Waals surface area contributed by atoms with Gasteiger partial charge in [-0.05, 0) is 5.92 Å². The van der Waals surface area contributed by atoms with Gasteiger partial charge in [-0.15, -0.1) is 0 Å². The Morgan fingerprint density at radius 3 is 2.69 bits per heavy atom. The number of hydrogen-bond donors (Lipinski definition) is 3. The Bertz CT molecular complexity index is 211. The summed E-state index contributed by atoms with van der Waals surface area (Å²) < 4.78 is 6.58. The van der Waals surface area contributed by atoms with Gasteiger partial charge in [-0.25, -0.2) is 4.79 Å². The van der Waals surface area contributed by atoms with Crippen LogP contribution in [0, 0.1) is 5.92 Å². The molecule has 0 aliphatic heterocycles. The van der Waals surface area contributed by atoms with Crippen LogP contribution in [0.3, 0.4) is 0 Å². The van der Waals surface area contributed by atoms with Crippen LogP contribution >= 0.6 is 0 Å². The molecule has 5 nitrogen and oxygen atoms in total. The average molecular weight is 189 g/mol. The number of nitrogens with one attached hydrogen (secondary N) is 1. The molecule has 76 valence electrons. The van der Waals surface area contributed by atoms with Crippen molar-refractivity contribution in [2.24, 2.45) is 11.6 Å². The van der Waals surface area contributed by atoms with Crippen molar-refractivity contribution in [3.8, 4) is 0 Å². The average Bonchev–Trinajstić information content (AvgIpc) is 2.13. The Morgan fingerprint density at radius 2 is 2.31 bits per heavy atom. The van der Waals surface area contributed by atoms with Gasteiger partial charge in [0, 0.05) is 0 Å². The Balaban J connectivity index is 4.23. The number of rotatable bonds is 6. The minimum absolute atomic E-state index is 0.123. The maximum Gasteiger partial charge on any atom is 0.326 e. The fourth-order valence-electron chi connectivity index (χ4n) is 0.908. The van der Waals surface area contributed by atoms with E-state index in [1.807, 2.05) is 12.7 Å². The molecule has 0 rings (SSSR count). The van der Waals surface area contributed by atoms with Crippen molar-refractivity contribution in [1.29, 1.82) is 0 Å². The number of carboxylic acids is 1. The van der Waals surface area contributed by atoms with Crippen molar-refractivity contribution in [2.45, 2.75) is 26.3 Å². The van der Waals surface area contributed by atoms with Gasteiger partial charge in [0.2, 0.25) is 5.91 Å². The van der Waals surface area contributed by atoms with Crippen molar-refractivity contribution in [1.82, 2.24) is 5.32 Å². The lowest BCUT2D eigenvalue weighted by Gasteiger charge is -2.19. The largest absolute Gasteiger partial charge is 0.480 e. The van der Waals surface area contributed by atoms with Crippen LogP contribution in [-0.2, 0) is 9.59 Å².